The Morgan fingerprint density at radius 2 is 2.00 bits per heavy atom. The molecule has 1 unspecified atom stereocenters. The Hall–Kier alpha value is -1.65. The molecule has 96 valence electrons. The van der Waals surface area contributed by atoms with Gasteiger partial charge in [-0.05, 0) is 0 Å². The number of aromatic nitrogens is 1. The molecule has 0 bridgehead atoms. The number of hydrogen-bond donors (Lipinski definition) is 2. The molecule has 1 atom stereocenters. The minimum absolute atomic E-state index is 0.330. The van der Waals surface area contributed by atoms with Crippen molar-refractivity contribution in [3.05, 3.63) is 42.2 Å². The lowest BCUT2D eigenvalue weighted by atomic mass is 10.1. The van der Waals surface area contributed by atoms with Crippen LogP contribution in [0.4, 0.5) is 0 Å². The molecule has 2 aromatic rings. The SMILES string of the molecule is CC(C)NCC(O)c1cc(-c2ccccc2)no1. The molecule has 0 amide bonds. The highest BCUT2D eigenvalue weighted by atomic mass is 16.5. The Balaban J connectivity index is 2.06. The smallest absolute Gasteiger partial charge is 0.167 e. The van der Waals surface area contributed by atoms with Gasteiger partial charge in [0.2, 0.25) is 0 Å². The Bertz CT molecular complexity index is 480. The van der Waals surface area contributed by atoms with Gasteiger partial charge in [-0.2, -0.15) is 0 Å². The van der Waals surface area contributed by atoms with Crippen molar-refractivity contribution < 1.29 is 9.63 Å². The molecule has 0 saturated carbocycles. The standard InChI is InChI=1S/C14H18N2O2/c1-10(2)15-9-13(17)14-8-12(16-18-14)11-6-4-3-5-7-11/h3-8,10,13,15,17H,9H2,1-2H3. The van der Waals surface area contributed by atoms with Gasteiger partial charge < -0.3 is 14.9 Å². The van der Waals surface area contributed by atoms with Crippen molar-refractivity contribution in [3.63, 3.8) is 0 Å². The number of benzene rings is 1. The first-order chi connectivity index (χ1) is 8.66. The quantitative estimate of drug-likeness (QED) is 0.850. The maximum absolute atomic E-state index is 9.93. The van der Waals surface area contributed by atoms with Crippen molar-refractivity contribution in [2.45, 2.75) is 26.0 Å². The molecule has 1 heterocycles. The molecule has 4 heteroatoms. The second-order valence-corrected chi connectivity index (χ2v) is 4.56. The van der Waals surface area contributed by atoms with Gasteiger partial charge in [0, 0.05) is 24.2 Å². The highest BCUT2D eigenvalue weighted by molar-refractivity contribution is 5.58. The molecular weight excluding hydrogens is 228 g/mol. The molecule has 1 aromatic carbocycles. The van der Waals surface area contributed by atoms with E-state index in [1.54, 1.807) is 6.07 Å². The molecule has 18 heavy (non-hydrogen) atoms. The summed E-state index contributed by atoms with van der Waals surface area (Å²) in [5.74, 6) is 0.488. The molecule has 0 aliphatic heterocycles. The van der Waals surface area contributed by atoms with Gasteiger partial charge in [-0.25, -0.2) is 0 Å². The largest absolute Gasteiger partial charge is 0.384 e. The molecule has 0 saturated heterocycles. The predicted octanol–water partition coefficient (Wildman–Crippen LogP) is 2.37. The number of nitrogens with zero attached hydrogens (tertiary/aromatic N) is 1. The third-order valence-electron chi connectivity index (χ3n) is 2.65. The summed E-state index contributed by atoms with van der Waals surface area (Å²) in [6, 6.07) is 11.9. The molecule has 0 fully saturated rings. The number of aliphatic hydroxyl groups excluding tert-OH is 1. The lowest BCUT2D eigenvalue weighted by Crippen LogP contribution is -2.27. The minimum Gasteiger partial charge on any atom is -0.384 e. The van der Waals surface area contributed by atoms with E-state index in [1.807, 2.05) is 44.2 Å². The third-order valence-corrected chi connectivity index (χ3v) is 2.65. The zero-order valence-corrected chi connectivity index (χ0v) is 10.6. The Labute approximate surface area is 107 Å². The Morgan fingerprint density at radius 1 is 1.28 bits per heavy atom. The molecule has 0 aliphatic carbocycles. The lowest BCUT2D eigenvalue weighted by molar-refractivity contribution is 0.135. The summed E-state index contributed by atoms with van der Waals surface area (Å²) in [6.07, 6.45) is -0.669. The van der Waals surface area contributed by atoms with Crippen molar-refractivity contribution in [3.8, 4) is 11.3 Å². The summed E-state index contributed by atoms with van der Waals surface area (Å²) in [5.41, 5.74) is 1.73. The fraction of sp³-hybridized carbons (Fsp3) is 0.357. The highest BCUT2D eigenvalue weighted by Crippen LogP contribution is 2.21. The molecule has 0 radical (unpaired) electrons. The van der Waals surface area contributed by atoms with E-state index in [1.165, 1.54) is 0 Å². The molecule has 2 N–H and O–H groups in total. The van der Waals surface area contributed by atoms with Crippen LogP contribution in [-0.4, -0.2) is 22.8 Å². The second kappa shape index (κ2) is 5.80. The monoisotopic (exact) mass is 246 g/mol. The van der Waals surface area contributed by atoms with Crippen LogP contribution < -0.4 is 5.32 Å². The van der Waals surface area contributed by atoms with Crippen LogP contribution in [0.15, 0.2) is 40.9 Å². The lowest BCUT2D eigenvalue weighted by Gasteiger charge is -2.10. The molecule has 4 nitrogen and oxygen atoms in total. The first-order valence-electron chi connectivity index (χ1n) is 6.10. The van der Waals surface area contributed by atoms with Gasteiger partial charge in [-0.15, -0.1) is 0 Å². The third kappa shape index (κ3) is 3.18. The van der Waals surface area contributed by atoms with E-state index in [0.29, 0.717) is 18.3 Å². The maximum Gasteiger partial charge on any atom is 0.167 e. The van der Waals surface area contributed by atoms with Crippen molar-refractivity contribution in [1.29, 1.82) is 0 Å². The first-order valence-corrected chi connectivity index (χ1v) is 6.10. The van der Waals surface area contributed by atoms with E-state index in [-0.39, 0.29) is 0 Å². The fourth-order valence-electron chi connectivity index (χ4n) is 1.64. The molecule has 0 aliphatic rings. The van der Waals surface area contributed by atoms with Crippen LogP contribution in [0.3, 0.4) is 0 Å². The summed E-state index contributed by atoms with van der Waals surface area (Å²) in [6.45, 7) is 4.52. The normalized spacial score (nSPS) is 12.9. The summed E-state index contributed by atoms with van der Waals surface area (Å²) < 4.78 is 5.17. The van der Waals surface area contributed by atoms with Crippen molar-refractivity contribution in [1.82, 2.24) is 10.5 Å². The van der Waals surface area contributed by atoms with E-state index in [2.05, 4.69) is 10.5 Å². The average Bonchev–Trinajstić information content (AvgIpc) is 2.86. The number of rotatable bonds is 5. The predicted molar refractivity (Wildman–Crippen MR) is 70.0 cm³/mol. The summed E-state index contributed by atoms with van der Waals surface area (Å²) in [5, 5.41) is 17.1. The second-order valence-electron chi connectivity index (χ2n) is 4.56. The zero-order chi connectivity index (χ0) is 13.0. The van der Waals surface area contributed by atoms with Gasteiger partial charge in [-0.3, -0.25) is 0 Å². The Kier molecular flexibility index (Phi) is 4.12. The van der Waals surface area contributed by atoms with Crippen molar-refractivity contribution >= 4 is 0 Å². The van der Waals surface area contributed by atoms with Gasteiger partial charge in [0.15, 0.2) is 5.76 Å². The molecule has 2 rings (SSSR count). The van der Waals surface area contributed by atoms with Gasteiger partial charge >= 0.3 is 0 Å². The van der Waals surface area contributed by atoms with Crippen LogP contribution >= 0.6 is 0 Å². The van der Waals surface area contributed by atoms with Crippen LogP contribution in [-0.2, 0) is 0 Å². The molecule has 1 aromatic heterocycles. The topological polar surface area (TPSA) is 58.3 Å². The van der Waals surface area contributed by atoms with Gasteiger partial charge in [0.05, 0.1) is 0 Å². The average molecular weight is 246 g/mol. The van der Waals surface area contributed by atoms with E-state index in [4.69, 9.17) is 4.52 Å². The molecular formula is C14H18N2O2. The van der Waals surface area contributed by atoms with Crippen LogP contribution in [0, 0.1) is 0 Å². The number of hydrogen-bond acceptors (Lipinski definition) is 4. The summed E-state index contributed by atoms with van der Waals surface area (Å²) >= 11 is 0. The van der Waals surface area contributed by atoms with Crippen LogP contribution in [0.25, 0.3) is 11.3 Å². The first kappa shape index (κ1) is 12.8. The fourth-order valence-corrected chi connectivity index (χ4v) is 1.64. The number of aliphatic hydroxyl groups is 1. The summed E-state index contributed by atoms with van der Waals surface area (Å²) in [7, 11) is 0. The minimum atomic E-state index is -0.669. The van der Waals surface area contributed by atoms with Gasteiger partial charge in [0.1, 0.15) is 11.8 Å². The van der Waals surface area contributed by atoms with E-state index in [9.17, 15) is 5.11 Å². The highest BCUT2D eigenvalue weighted by Gasteiger charge is 2.14. The number of nitrogens with one attached hydrogen (secondary N) is 1. The summed E-state index contributed by atoms with van der Waals surface area (Å²) in [4.78, 5) is 0. The maximum atomic E-state index is 9.93. The van der Waals surface area contributed by atoms with E-state index in [0.717, 1.165) is 11.3 Å². The van der Waals surface area contributed by atoms with Crippen molar-refractivity contribution in [2.24, 2.45) is 0 Å². The van der Waals surface area contributed by atoms with Crippen molar-refractivity contribution in [2.75, 3.05) is 6.54 Å². The van der Waals surface area contributed by atoms with Crippen LogP contribution in [0.5, 0.6) is 0 Å². The van der Waals surface area contributed by atoms with Gasteiger partial charge in [0.25, 0.3) is 0 Å². The van der Waals surface area contributed by atoms with E-state index >= 15 is 0 Å². The van der Waals surface area contributed by atoms with Crippen LogP contribution in [0.2, 0.25) is 0 Å². The Morgan fingerprint density at radius 3 is 2.67 bits per heavy atom. The zero-order valence-electron chi connectivity index (χ0n) is 10.6. The van der Waals surface area contributed by atoms with Crippen LogP contribution in [0.1, 0.15) is 25.7 Å². The van der Waals surface area contributed by atoms with Gasteiger partial charge in [-0.1, -0.05) is 49.3 Å². The molecule has 0 spiro atoms. The van der Waals surface area contributed by atoms with E-state index < -0.39 is 6.10 Å².